The van der Waals surface area contributed by atoms with Gasteiger partial charge in [0, 0.05) is 22.7 Å². The molecule has 2 aromatic rings. The van der Waals surface area contributed by atoms with Gasteiger partial charge in [-0.25, -0.2) is 9.59 Å². The minimum atomic E-state index is -0.458. The van der Waals surface area contributed by atoms with Crippen molar-refractivity contribution in [3.8, 4) is 0 Å². The largest absolute Gasteiger partial charge is 0.462 e. The maximum Gasteiger partial charge on any atom is 0.339 e. The van der Waals surface area contributed by atoms with Crippen LogP contribution in [0.5, 0.6) is 0 Å². The summed E-state index contributed by atoms with van der Waals surface area (Å²) < 4.78 is 10.4. The normalized spacial score (nSPS) is 10.8. The first-order valence-corrected chi connectivity index (χ1v) is 7.08. The van der Waals surface area contributed by atoms with Crippen molar-refractivity contribution in [3.05, 3.63) is 39.2 Å². The van der Waals surface area contributed by atoms with E-state index in [1.165, 1.54) is 0 Å². The van der Waals surface area contributed by atoms with Crippen LogP contribution in [0.15, 0.2) is 21.3 Å². The van der Waals surface area contributed by atoms with Crippen LogP contribution < -0.4 is 11.4 Å². The molecule has 0 saturated heterocycles. The molecule has 0 fully saturated rings. The van der Waals surface area contributed by atoms with Gasteiger partial charge in [0.1, 0.15) is 5.58 Å². The average molecular weight is 289 g/mol. The molecular formula is C16H19NO4. The lowest BCUT2D eigenvalue weighted by Crippen LogP contribution is -2.14. The van der Waals surface area contributed by atoms with Gasteiger partial charge in [-0.15, -0.1) is 0 Å². The molecule has 0 saturated carbocycles. The molecular weight excluding hydrogens is 270 g/mol. The Bertz CT molecular complexity index is 746. The van der Waals surface area contributed by atoms with Crippen molar-refractivity contribution in [2.75, 3.05) is 12.3 Å². The van der Waals surface area contributed by atoms with Crippen LogP contribution >= 0.6 is 0 Å². The average Bonchev–Trinajstić information content (AvgIpc) is 2.44. The third-order valence-electron chi connectivity index (χ3n) is 3.44. The Morgan fingerprint density at radius 1 is 1.19 bits per heavy atom. The summed E-state index contributed by atoms with van der Waals surface area (Å²) in [5, 5.41) is 0.626. The summed E-state index contributed by atoms with van der Waals surface area (Å²) in [6.07, 6.45) is 1.18. The first-order valence-electron chi connectivity index (χ1n) is 7.08. The number of hydrogen-bond donors (Lipinski definition) is 1. The molecule has 5 nitrogen and oxygen atoms in total. The van der Waals surface area contributed by atoms with Gasteiger partial charge in [0.15, 0.2) is 0 Å². The summed E-state index contributed by atoms with van der Waals surface area (Å²) in [5.41, 5.74) is 7.89. The van der Waals surface area contributed by atoms with Crippen molar-refractivity contribution < 1.29 is 13.9 Å². The maximum atomic E-state index is 12.2. The fraction of sp³-hybridized carbons (Fsp3) is 0.375. The summed E-state index contributed by atoms with van der Waals surface area (Å²) in [6, 6.07) is 3.14. The molecule has 2 N–H and O–H groups in total. The number of ether oxygens (including phenoxy) is 1. The highest BCUT2D eigenvalue weighted by atomic mass is 16.5. The van der Waals surface area contributed by atoms with Crippen LogP contribution in [-0.4, -0.2) is 12.6 Å². The highest BCUT2D eigenvalue weighted by Gasteiger charge is 2.20. The number of esters is 1. The second-order valence-corrected chi connectivity index (χ2v) is 4.72. The molecule has 0 aliphatic rings. The van der Waals surface area contributed by atoms with Gasteiger partial charge in [0.05, 0.1) is 12.2 Å². The molecule has 0 unspecified atom stereocenters. The molecule has 0 atom stereocenters. The van der Waals surface area contributed by atoms with Crippen LogP contribution in [0.1, 0.15) is 42.3 Å². The summed E-state index contributed by atoms with van der Waals surface area (Å²) in [7, 11) is 0. The zero-order valence-corrected chi connectivity index (χ0v) is 12.5. The van der Waals surface area contributed by atoms with E-state index in [1.807, 2.05) is 13.8 Å². The Balaban J connectivity index is 2.91. The van der Waals surface area contributed by atoms with Crippen LogP contribution in [0, 0.1) is 0 Å². The Morgan fingerprint density at radius 3 is 2.43 bits per heavy atom. The van der Waals surface area contributed by atoms with Crippen LogP contribution in [0.3, 0.4) is 0 Å². The number of carbonyl (C=O) groups is 1. The van der Waals surface area contributed by atoms with Gasteiger partial charge in [-0.1, -0.05) is 13.8 Å². The number of nitrogens with two attached hydrogens (primary N) is 1. The topological polar surface area (TPSA) is 82.5 Å². The second kappa shape index (κ2) is 5.99. The molecule has 0 spiro atoms. The Hall–Kier alpha value is -2.30. The Morgan fingerprint density at radius 2 is 1.86 bits per heavy atom. The fourth-order valence-electron chi connectivity index (χ4n) is 2.58. The predicted octanol–water partition coefficient (Wildman–Crippen LogP) is 2.68. The number of aryl methyl sites for hydroxylation is 1. The minimum absolute atomic E-state index is 0.272. The van der Waals surface area contributed by atoms with Crippen molar-refractivity contribution in [2.45, 2.75) is 33.6 Å². The molecule has 1 aromatic heterocycles. The van der Waals surface area contributed by atoms with E-state index >= 15 is 0 Å². The predicted molar refractivity (Wildman–Crippen MR) is 81.6 cm³/mol. The first-order chi connectivity index (χ1) is 10.0. The van der Waals surface area contributed by atoms with E-state index in [2.05, 4.69) is 0 Å². The lowest BCUT2D eigenvalue weighted by Gasteiger charge is -2.13. The van der Waals surface area contributed by atoms with Crippen molar-refractivity contribution in [1.82, 2.24) is 0 Å². The molecule has 1 heterocycles. The molecule has 1 aromatic carbocycles. The van der Waals surface area contributed by atoms with E-state index in [0.717, 1.165) is 5.56 Å². The molecule has 0 radical (unpaired) electrons. The SMILES string of the molecule is CCOC(=O)c1cc(N)cc2oc(=O)c(CC)c(CC)c12. The summed E-state index contributed by atoms with van der Waals surface area (Å²) in [6.45, 7) is 5.84. The van der Waals surface area contributed by atoms with E-state index in [-0.39, 0.29) is 12.2 Å². The molecule has 5 heteroatoms. The number of rotatable bonds is 4. The van der Waals surface area contributed by atoms with E-state index in [0.29, 0.717) is 40.6 Å². The number of carbonyl (C=O) groups excluding carboxylic acids is 1. The first kappa shape index (κ1) is 15.1. The van der Waals surface area contributed by atoms with Gasteiger partial charge in [-0.3, -0.25) is 0 Å². The van der Waals surface area contributed by atoms with Crippen molar-refractivity contribution in [3.63, 3.8) is 0 Å². The van der Waals surface area contributed by atoms with Gasteiger partial charge < -0.3 is 14.9 Å². The summed E-state index contributed by atoms with van der Waals surface area (Å²) >= 11 is 0. The third kappa shape index (κ3) is 2.63. The van der Waals surface area contributed by atoms with Gasteiger partial charge in [-0.05, 0) is 31.4 Å². The highest BCUT2D eigenvalue weighted by molar-refractivity contribution is 6.06. The van der Waals surface area contributed by atoms with Crippen molar-refractivity contribution >= 4 is 22.6 Å². The van der Waals surface area contributed by atoms with Crippen LogP contribution in [0.4, 0.5) is 5.69 Å². The van der Waals surface area contributed by atoms with E-state index in [9.17, 15) is 9.59 Å². The van der Waals surface area contributed by atoms with Gasteiger partial charge in [-0.2, -0.15) is 0 Å². The van der Waals surface area contributed by atoms with Crippen LogP contribution in [0.2, 0.25) is 0 Å². The molecule has 21 heavy (non-hydrogen) atoms. The Kier molecular flexibility index (Phi) is 4.31. The summed E-state index contributed by atoms with van der Waals surface area (Å²) in [5.74, 6) is -0.458. The fourth-order valence-corrected chi connectivity index (χ4v) is 2.58. The molecule has 0 bridgehead atoms. The minimum Gasteiger partial charge on any atom is -0.462 e. The van der Waals surface area contributed by atoms with Gasteiger partial charge in [0.2, 0.25) is 0 Å². The highest BCUT2D eigenvalue weighted by Crippen LogP contribution is 2.28. The van der Waals surface area contributed by atoms with E-state index in [1.54, 1.807) is 19.1 Å². The number of nitrogen functional groups attached to an aromatic ring is 1. The molecule has 112 valence electrons. The number of anilines is 1. The lowest BCUT2D eigenvalue weighted by atomic mass is 9.96. The van der Waals surface area contributed by atoms with E-state index in [4.69, 9.17) is 14.9 Å². The lowest BCUT2D eigenvalue weighted by molar-refractivity contribution is 0.0528. The zero-order valence-electron chi connectivity index (χ0n) is 12.5. The maximum absolute atomic E-state index is 12.2. The van der Waals surface area contributed by atoms with E-state index < -0.39 is 5.97 Å². The standard InChI is InChI=1S/C16H19NO4/c1-4-10-11(5-2)16(19)21-13-8-9(17)7-12(14(10)13)15(18)20-6-3/h7-8H,4-6,17H2,1-3H3. The monoisotopic (exact) mass is 289 g/mol. The molecule has 0 aliphatic carbocycles. The van der Waals surface area contributed by atoms with Gasteiger partial charge in [0.25, 0.3) is 0 Å². The second-order valence-electron chi connectivity index (χ2n) is 4.72. The number of hydrogen-bond acceptors (Lipinski definition) is 5. The smallest absolute Gasteiger partial charge is 0.339 e. The number of fused-ring (bicyclic) bond motifs is 1. The van der Waals surface area contributed by atoms with Crippen molar-refractivity contribution in [1.29, 1.82) is 0 Å². The zero-order chi connectivity index (χ0) is 15.6. The van der Waals surface area contributed by atoms with Gasteiger partial charge >= 0.3 is 11.6 Å². The quantitative estimate of drug-likeness (QED) is 0.531. The van der Waals surface area contributed by atoms with Crippen molar-refractivity contribution in [2.24, 2.45) is 0 Å². The third-order valence-corrected chi connectivity index (χ3v) is 3.44. The molecule has 2 rings (SSSR count). The molecule has 0 amide bonds. The van der Waals surface area contributed by atoms with Crippen LogP contribution in [0.25, 0.3) is 11.0 Å². The Labute approximate surface area is 122 Å². The van der Waals surface area contributed by atoms with Crippen LogP contribution in [-0.2, 0) is 17.6 Å². The number of benzene rings is 1. The molecule has 0 aliphatic heterocycles. The summed E-state index contributed by atoms with van der Waals surface area (Å²) in [4.78, 5) is 24.2.